The quantitative estimate of drug-likeness (QED) is 0.460. The SMILES string of the molecule is C=CC(=O)[O][Ti]1([O]C(=O)C=C)[CH]2C(=Cc3ccccc32)CCC2=Cc3ccccc3[CH]21. The van der Waals surface area contributed by atoms with Crippen molar-refractivity contribution in [2.45, 2.75) is 21.3 Å². The Labute approximate surface area is 185 Å². The van der Waals surface area contributed by atoms with Crippen LogP contribution in [0.2, 0.25) is 0 Å². The van der Waals surface area contributed by atoms with Gasteiger partial charge in [0.05, 0.1) is 0 Å². The van der Waals surface area contributed by atoms with Gasteiger partial charge in [-0.3, -0.25) is 0 Å². The Kier molecular flexibility index (Phi) is 4.92. The molecule has 2 aromatic carbocycles. The minimum atomic E-state index is -4.36. The van der Waals surface area contributed by atoms with E-state index >= 15 is 0 Å². The average molecular weight is 446 g/mol. The minimum absolute atomic E-state index is 0.231. The van der Waals surface area contributed by atoms with E-state index in [1.54, 1.807) is 0 Å². The molecule has 2 atom stereocenters. The fourth-order valence-electron chi connectivity index (χ4n) is 5.27. The Morgan fingerprint density at radius 1 is 0.774 bits per heavy atom. The van der Waals surface area contributed by atoms with Crippen LogP contribution in [0, 0.1) is 0 Å². The molecule has 154 valence electrons. The molecule has 0 radical (unpaired) electrons. The van der Waals surface area contributed by atoms with E-state index in [0.29, 0.717) is 0 Å². The first-order chi connectivity index (χ1) is 15.1. The van der Waals surface area contributed by atoms with Crippen molar-refractivity contribution >= 4 is 24.1 Å². The van der Waals surface area contributed by atoms with Crippen LogP contribution >= 0.6 is 0 Å². The molecule has 1 saturated heterocycles. The Morgan fingerprint density at radius 3 is 1.61 bits per heavy atom. The molecule has 0 spiro atoms. The summed E-state index contributed by atoms with van der Waals surface area (Å²) >= 11 is -4.36. The first kappa shape index (κ1) is 20.0. The molecule has 3 aliphatic rings. The van der Waals surface area contributed by atoms with Gasteiger partial charge in [-0.05, 0) is 0 Å². The predicted molar refractivity (Wildman–Crippen MR) is 116 cm³/mol. The van der Waals surface area contributed by atoms with Crippen LogP contribution in [0.25, 0.3) is 12.2 Å². The van der Waals surface area contributed by atoms with E-state index < -0.39 is 29.3 Å². The monoisotopic (exact) mass is 446 g/mol. The zero-order valence-electron chi connectivity index (χ0n) is 17.0. The van der Waals surface area contributed by atoms with Crippen molar-refractivity contribution in [3.05, 3.63) is 107 Å². The van der Waals surface area contributed by atoms with Crippen molar-refractivity contribution in [2.24, 2.45) is 0 Å². The van der Waals surface area contributed by atoms with E-state index in [2.05, 4.69) is 49.6 Å². The summed E-state index contributed by atoms with van der Waals surface area (Å²) < 4.78 is 12.1. The Balaban J connectivity index is 1.80. The molecule has 0 N–H and O–H groups in total. The maximum absolute atomic E-state index is 12.7. The van der Waals surface area contributed by atoms with Gasteiger partial charge in [0.25, 0.3) is 0 Å². The number of carbonyl (C=O) groups excluding carboxylic acids is 2. The Morgan fingerprint density at radius 2 is 1.19 bits per heavy atom. The van der Waals surface area contributed by atoms with Gasteiger partial charge < -0.3 is 0 Å². The van der Waals surface area contributed by atoms with Gasteiger partial charge in [-0.15, -0.1) is 0 Å². The number of benzene rings is 2. The number of hydrogen-bond acceptors (Lipinski definition) is 4. The van der Waals surface area contributed by atoms with E-state index in [1.807, 2.05) is 24.3 Å². The summed E-state index contributed by atoms with van der Waals surface area (Å²) in [5.41, 5.74) is 6.67. The van der Waals surface area contributed by atoms with Crippen molar-refractivity contribution in [3.63, 3.8) is 0 Å². The molecule has 1 aliphatic heterocycles. The van der Waals surface area contributed by atoms with Crippen LogP contribution < -0.4 is 0 Å². The summed E-state index contributed by atoms with van der Waals surface area (Å²) in [6.07, 6.45) is 8.34. The van der Waals surface area contributed by atoms with Gasteiger partial charge in [0, 0.05) is 0 Å². The molecule has 2 aromatic rings. The fourth-order valence-corrected chi connectivity index (χ4v) is 12.3. The molecule has 5 heteroatoms. The van der Waals surface area contributed by atoms with Gasteiger partial charge in [0.15, 0.2) is 0 Å². The van der Waals surface area contributed by atoms with Gasteiger partial charge in [-0.1, -0.05) is 0 Å². The van der Waals surface area contributed by atoms with Gasteiger partial charge >= 0.3 is 186 Å². The summed E-state index contributed by atoms with van der Waals surface area (Å²) in [4.78, 5) is 25.4. The van der Waals surface area contributed by atoms with Crippen LogP contribution in [0.3, 0.4) is 0 Å². The standard InChI is InChI=1S/C20H16.2C3H4O2.Ti/c1-2-6-18-12-15(11-17(18)5-1)9-10-16-13-19-7-3-4-8-20(19)14-16;2*1-2-3(4)5;/h1-8,11-14H,9-10H2;2*2H,1H2,(H,4,5);/q;;;+2/p-2. The first-order valence-electron chi connectivity index (χ1n) is 10.4. The van der Waals surface area contributed by atoms with Crippen molar-refractivity contribution in [3.8, 4) is 0 Å². The Bertz CT molecular complexity index is 1100. The average Bonchev–Trinajstić information content (AvgIpc) is 3.32. The van der Waals surface area contributed by atoms with Gasteiger partial charge in [0.2, 0.25) is 0 Å². The molecule has 0 bridgehead atoms. The number of allylic oxidation sites excluding steroid dienone is 2. The molecular weight excluding hydrogens is 424 g/mol. The maximum atomic E-state index is 12.7. The van der Waals surface area contributed by atoms with Crippen LogP contribution in [-0.2, 0) is 33.6 Å². The first-order valence-corrected chi connectivity index (χ1v) is 13.4. The van der Waals surface area contributed by atoms with Crippen molar-refractivity contribution in [1.82, 2.24) is 0 Å². The van der Waals surface area contributed by atoms with Crippen LogP contribution in [0.1, 0.15) is 43.5 Å². The van der Waals surface area contributed by atoms with Crippen LogP contribution in [-0.4, -0.2) is 11.9 Å². The second-order valence-corrected chi connectivity index (χ2v) is 12.7. The number of rotatable bonds is 4. The molecule has 0 aromatic heterocycles. The van der Waals surface area contributed by atoms with Crippen LogP contribution in [0.5, 0.6) is 0 Å². The summed E-state index contributed by atoms with van der Waals surface area (Å²) in [5, 5.41) is 0. The van der Waals surface area contributed by atoms with E-state index in [1.165, 1.54) is 11.1 Å². The van der Waals surface area contributed by atoms with Crippen LogP contribution in [0.15, 0.2) is 85.0 Å². The third-order valence-electron chi connectivity index (χ3n) is 6.40. The molecule has 0 saturated carbocycles. The molecule has 2 aliphatic carbocycles. The van der Waals surface area contributed by atoms with Crippen molar-refractivity contribution in [2.75, 3.05) is 0 Å². The van der Waals surface area contributed by atoms with E-state index in [4.69, 9.17) is 6.64 Å². The van der Waals surface area contributed by atoms with Gasteiger partial charge in [-0.25, -0.2) is 0 Å². The number of hydrogen-bond donors (Lipinski definition) is 0. The van der Waals surface area contributed by atoms with Crippen molar-refractivity contribution < 1.29 is 33.6 Å². The third kappa shape index (κ3) is 3.10. The third-order valence-corrected chi connectivity index (χ3v) is 12.7. The normalized spacial score (nSPS) is 21.8. The molecule has 0 amide bonds. The summed E-state index contributed by atoms with van der Waals surface area (Å²) in [6.45, 7) is 7.21. The molecule has 2 unspecified atom stereocenters. The zero-order chi connectivity index (χ0) is 21.6. The van der Waals surface area contributed by atoms with Gasteiger partial charge in [-0.2, -0.15) is 0 Å². The molecule has 31 heavy (non-hydrogen) atoms. The molecular formula is C26H22O4Ti. The zero-order valence-corrected chi connectivity index (χ0v) is 18.6. The molecule has 1 heterocycles. The summed E-state index contributed by atoms with van der Waals surface area (Å²) in [5.74, 6) is -1.10. The van der Waals surface area contributed by atoms with E-state index in [9.17, 15) is 9.59 Å². The fraction of sp³-hybridized carbons (Fsp3) is 0.154. The van der Waals surface area contributed by atoms with E-state index in [0.717, 1.165) is 47.2 Å². The van der Waals surface area contributed by atoms with Crippen molar-refractivity contribution in [1.29, 1.82) is 0 Å². The molecule has 1 fully saturated rings. The van der Waals surface area contributed by atoms with E-state index in [-0.39, 0.29) is 8.45 Å². The van der Waals surface area contributed by atoms with Gasteiger partial charge in [0.1, 0.15) is 0 Å². The number of carbonyl (C=O) groups is 2. The number of fused-ring (bicyclic) bond motifs is 6. The molecule has 4 nitrogen and oxygen atoms in total. The second kappa shape index (κ2) is 7.63. The Hall–Kier alpha value is -2.95. The van der Waals surface area contributed by atoms with Crippen LogP contribution in [0.4, 0.5) is 0 Å². The predicted octanol–water partition coefficient (Wildman–Crippen LogP) is 5.50. The summed E-state index contributed by atoms with van der Waals surface area (Å²) in [7, 11) is 0. The topological polar surface area (TPSA) is 52.6 Å². The second-order valence-electron chi connectivity index (χ2n) is 8.03. The molecule has 5 rings (SSSR count). The summed E-state index contributed by atoms with van der Waals surface area (Å²) in [6, 6.07) is 16.2.